The number of benzene rings is 3. The van der Waals surface area contributed by atoms with Crippen LogP contribution in [0.3, 0.4) is 0 Å². The van der Waals surface area contributed by atoms with Crippen LogP contribution in [-0.4, -0.2) is 17.7 Å². The van der Waals surface area contributed by atoms with E-state index in [1.807, 2.05) is 91.0 Å². The summed E-state index contributed by atoms with van der Waals surface area (Å²) in [4.78, 5) is 0. The molecule has 3 aromatic rings. The summed E-state index contributed by atoms with van der Waals surface area (Å²) in [7, 11) is -4.30. The van der Waals surface area contributed by atoms with Crippen molar-refractivity contribution in [1.82, 2.24) is 0 Å². The first-order valence-electron chi connectivity index (χ1n) is 9.47. The predicted octanol–water partition coefficient (Wildman–Crippen LogP) is 4.98. The summed E-state index contributed by atoms with van der Waals surface area (Å²) in [5.41, 5.74) is 3.02. The molecule has 0 saturated heterocycles. The van der Waals surface area contributed by atoms with Crippen LogP contribution in [0, 0.1) is 5.92 Å². The molecule has 3 nitrogen and oxygen atoms in total. The van der Waals surface area contributed by atoms with Gasteiger partial charge in [-0.2, -0.15) is 8.42 Å². The van der Waals surface area contributed by atoms with Crippen molar-refractivity contribution in [2.24, 2.45) is 5.92 Å². The minimum absolute atomic E-state index is 0.261. The molecule has 3 rings (SSSR count). The summed E-state index contributed by atoms with van der Waals surface area (Å²) in [6.45, 7) is 1.67. The Morgan fingerprint density at radius 1 is 0.714 bits per heavy atom. The molecule has 0 spiro atoms. The Morgan fingerprint density at radius 2 is 1.07 bits per heavy atom. The summed E-state index contributed by atoms with van der Waals surface area (Å²) < 4.78 is 34.3. The second kappa shape index (κ2) is 8.72. The topological polar surface area (TPSA) is 54.4 Å². The van der Waals surface area contributed by atoms with Crippen LogP contribution in [0.25, 0.3) is 0 Å². The molecule has 28 heavy (non-hydrogen) atoms. The van der Waals surface area contributed by atoms with Crippen molar-refractivity contribution < 1.29 is 13.0 Å². The molecule has 0 aliphatic carbocycles. The third kappa shape index (κ3) is 4.89. The summed E-state index contributed by atoms with van der Waals surface area (Å²) >= 11 is 0. The second-order valence-corrected chi connectivity index (χ2v) is 9.41. The van der Waals surface area contributed by atoms with Gasteiger partial charge in [0.2, 0.25) is 0 Å². The van der Waals surface area contributed by atoms with E-state index in [0.29, 0.717) is 12.8 Å². The molecule has 0 amide bonds. The van der Waals surface area contributed by atoms with Crippen molar-refractivity contribution in [3.05, 3.63) is 108 Å². The van der Waals surface area contributed by atoms with Gasteiger partial charge in [-0.1, -0.05) is 91.0 Å². The van der Waals surface area contributed by atoms with Crippen molar-refractivity contribution >= 4 is 10.1 Å². The van der Waals surface area contributed by atoms with E-state index < -0.39 is 14.9 Å². The van der Waals surface area contributed by atoms with E-state index in [9.17, 15) is 13.0 Å². The molecule has 0 radical (unpaired) electrons. The van der Waals surface area contributed by atoms with Crippen molar-refractivity contribution in [2.45, 2.75) is 30.9 Å². The zero-order chi connectivity index (χ0) is 20.0. The summed E-state index contributed by atoms with van der Waals surface area (Å²) in [5, 5.41) is 0. The van der Waals surface area contributed by atoms with Crippen LogP contribution in [0.1, 0.15) is 23.6 Å². The molecular formula is C24H26O3S. The number of hydrogen-bond donors (Lipinski definition) is 1. The third-order valence-electron chi connectivity index (χ3n) is 5.50. The Labute approximate surface area is 167 Å². The van der Waals surface area contributed by atoms with E-state index in [1.54, 1.807) is 6.92 Å². The van der Waals surface area contributed by atoms with Crippen LogP contribution in [0.15, 0.2) is 91.0 Å². The Kier molecular flexibility index (Phi) is 6.32. The maximum absolute atomic E-state index is 12.6. The highest BCUT2D eigenvalue weighted by Crippen LogP contribution is 2.35. The molecule has 0 aliphatic heterocycles. The lowest BCUT2D eigenvalue weighted by molar-refractivity contribution is 0.332. The lowest BCUT2D eigenvalue weighted by Gasteiger charge is -2.35. The molecule has 0 fully saturated rings. The Balaban J connectivity index is 2.02. The van der Waals surface area contributed by atoms with Crippen LogP contribution in [0.5, 0.6) is 0 Å². The predicted molar refractivity (Wildman–Crippen MR) is 114 cm³/mol. The molecule has 0 bridgehead atoms. The number of hydrogen-bond acceptors (Lipinski definition) is 2. The monoisotopic (exact) mass is 394 g/mol. The standard InChI is InChI=1S/C24H26O3S/c1-24(28(25,26)27,19-22-15-9-4-10-16-22)23(17-20-11-5-2-6-12-20)18-21-13-7-3-8-14-21/h2-16,23H,17-19H2,1H3,(H,25,26,27). The molecule has 1 atom stereocenters. The molecule has 1 N–H and O–H groups in total. The van der Waals surface area contributed by atoms with Crippen LogP contribution in [-0.2, 0) is 29.4 Å². The fraction of sp³-hybridized carbons (Fsp3) is 0.250. The van der Waals surface area contributed by atoms with Gasteiger partial charge in [0.15, 0.2) is 0 Å². The van der Waals surface area contributed by atoms with Crippen LogP contribution in [0.2, 0.25) is 0 Å². The smallest absolute Gasteiger partial charge is 0.271 e. The van der Waals surface area contributed by atoms with Gasteiger partial charge in [-0.25, -0.2) is 0 Å². The van der Waals surface area contributed by atoms with Gasteiger partial charge >= 0.3 is 0 Å². The van der Waals surface area contributed by atoms with Gasteiger partial charge in [-0.15, -0.1) is 0 Å². The van der Waals surface area contributed by atoms with Gasteiger partial charge in [-0.3, -0.25) is 4.55 Å². The van der Waals surface area contributed by atoms with Crippen molar-refractivity contribution in [1.29, 1.82) is 0 Å². The molecule has 146 valence electrons. The second-order valence-electron chi connectivity index (χ2n) is 7.53. The molecule has 0 aromatic heterocycles. The zero-order valence-corrected chi connectivity index (χ0v) is 16.8. The molecule has 0 heterocycles. The van der Waals surface area contributed by atoms with Crippen molar-refractivity contribution in [3.63, 3.8) is 0 Å². The average Bonchev–Trinajstić information content (AvgIpc) is 2.69. The minimum Gasteiger partial charge on any atom is -0.285 e. The van der Waals surface area contributed by atoms with Crippen LogP contribution in [0.4, 0.5) is 0 Å². The van der Waals surface area contributed by atoms with E-state index >= 15 is 0 Å². The summed E-state index contributed by atoms with van der Waals surface area (Å²) in [6.07, 6.45) is 1.40. The number of rotatable bonds is 8. The first kappa shape index (κ1) is 20.3. The fourth-order valence-corrected chi connectivity index (χ4v) is 4.69. The van der Waals surface area contributed by atoms with Gasteiger partial charge in [0, 0.05) is 0 Å². The quantitative estimate of drug-likeness (QED) is 0.548. The Bertz CT molecular complexity index is 929. The largest absolute Gasteiger partial charge is 0.285 e. The van der Waals surface area contributed by atoms with Crippen molar-refractivity contribution in [2.75, 3.05) is 0 Å². The van der Waals surface area contributed by atoms with Gasteiger partial charge in [-0.05, 0) is 48.8 Å². The third-order valence-corrected chi connectivity index (χ3v) is 7.16. The van der Waals surface area contributed by atoms with Crippen molar-refractivity contribution in [3.8, 4) is 0 Å². The highest BCUT2D eigenvalue weighted by Gasteiger charge is 2.45. The Morgan fingerprint density at radius 3 is 1.43 bits per heavy atom. The SMILES string of the molecule is CC(Cc1ccccc1)(C(Cc1ccccc1)Cc1ccccc1)S(=O)(=O)O. The lowest BCUT2D eigenvalue weighted by atomic mass is 9.79. The van der Waals surface area contributed by atoms with Gasteiger partial charge in [0.25, 0.3) is 10.1 Å². The molecule has 4 heteroatoms. The normalized spacial score (nSPS) is 14.0. The van der Waals surface area contributed by atoms with Gasteiger partial charge in [0.05, 0.1) is 0 Å². The van der Waals surface area contributed by atoms with Gasteiger partial charge < -0.3 is 0 Å². The maximum atomic E-state index is 12.6. The Hall–Kier alpha value is -2.43. The molecule has 0 saturated carbocycles. The maximum Gasteiger partial charge on any atom is 0.271 e. The molecule has 3 aromatic carbocycles. The molecule has 0 aliphatic rings. The summed E-state index contributed by atoms with van der Waals surface area (Å²) in [6, 6.07) is 29.2. The summed E-state index contributed by atoms with van der Waals surface area (Å²) in [5.74, 6) is -0.285. The fourth-order valence-electron chi connectivity index (χ4n) is 3.75. The van der Waals surface area contributed by atoms with E-state index in [-0.39, 0.29) is 12.3 Å². The van der Waals surface area contributed by atoms with E-state index in [4.69, 9.17) is 0 Å². The first-order chi connectivity index (χ1) is 13.4. The zero-order valence-electron chi connectivity index (χ0n) is 16.0. The average molecular weight is 395 g/mol. The highest BCUT2D eigenvalue weighted by molar-refractivity contribution is 7.87. The van der Waals surface area contributed by atoms with E-state index in [0.717, 1.165) is 16.7 Å². The molecule has 1 unspecified atom stereocenters. The first-order valence-corrected chi connectivity index (χ1v) is 10.9. The van der Waals surface area contributed by atoms with Gasteiger partial charge in [0.1, 0.15) is 4.75 Å². The highest BCUT2D eigenvalue weighted by atomic mass is 32.2. The van der Waals surface area contributed by atoms with Crippen LogP contribution >= 0.6 is 0 Å². The molecular weight excluding hydrogens is 368 g/mol. The van der Waals surface area contributed by atoms with Crippen LogP contribution < -0.4 is 0 Å². The lowest BCUT2D eigenvalue weighted by Crippen LogP contribution is -2.46. The minimum atomic E-state index is -4.30. The van der Waals surface area contributed by atoms with E-state index in [1.165, 1.54) is 0 Å². The van der Waals surface area contributed by atoms with E-state index in [2.05, 4.69) is 0 Å².